The van der Waals surface area contributed by atoms with Crippen molar-refractivity contribution in [1.29, 1.82) is 0 Å². The van der Waals surface area contributed by atoms with Gasteiger partial charge in [0, 0.05) is 51.4 Å². The van der Waals surface area contributed by atoms with E-state index in [4.69, 9.17) is 14.2 Å². The summed E-state index contributed by atoms with van der Waals surface area (Å²) in [5, 5.41) is 112. The van der Waals surface area contributed by atoms with Crippen molar-refractivity contribution in [3.63, 3.8) is 0 Å². The zero-order chi connectivity index (χ0) is 61.8. The van der Waals surface area contributed by atoms with Gasteiger partial charge in [0.05, 0.1) is 55.9 Å². The van der Waals surface area contributed by atoms with Gasteiger partial charge in [0.1, 0.15) is 54.1 Å². The van der Waals surface area contributed by atoms with Crippen molar-refractivity contribution in [3.8, 4) is 11.5 Å². The molecule has 0 bridgehead atoms. The first-order valence-corrected chi connectivity index (χ1v) is 27.4. The highest BCUT2D eigenvalue weighted by Gasteiger charge is 2.50. The van der Waals surface area contributed by atoms with Gasteiger partial charge in [-0.3, -0.25) is 28.8 Å². The van der Waals surface area contributed by atoms with Crippen molar-refractivity contribution < 1.29 is 98.5 Å². The van der Waals surface area contributed by atoms with Gasteiger partial charge >= 0.3 is 12.2 Å². The number of fused-ring (bicyclic) bond motifs is 2. The number of ether oxygens (including phenoxy) is 3. The molecule has 8 amide bonds. The fraction of sp³-hybridized carbons (Fsp3) is 0.636. The van der Waals surface area contributed by atoms with Crippen molar-refractivity contribution in [1.82, 2.24) is 41.3 Å². The Balaban J connectivity index is 1.62. The molecule has 0 saturated carbocycles. The Morgan fingerprint density at radius 2 is 1.35 bits per heavy atom. The molecule has 0 aromatic heterocycles. The Labute approximate surface area is 480 Å². The molecular formula is C55H82N8O20. The van der Waals surface area contributed by atoms with E-state index < -0.39 is 209 Å². The summed E-state index contributed by atoms with van der Waals surface area (Å²) in [6.45, 7) is 8.01. The summed E-state index contributed by atoms with van der Waals surface area (Å²) in [4.78, 5) is 117. The number of hydrogen-bond acceptors (Lipinski definition) is 20. The molecule has 3 saturated heterocycles. The highest BCUT2D eigenvalue weighted by molar-refractivity contribution is 5.98. The molecule has 28 heteroatoms. The molecule has 2 aromatic carbocycles. The number of carbonyl (C=O) groups is 8. The number of hydrogen-bond donors (Lipinski definition) is 14. The molecule has 14 N–H and O–H groups in total. The Hall–Kier alpha value is -6.92. The molecule has 2 aromatic rings. The zero-order valence-electron chi connectivity index (χ0n) is 47.8. The first kappa shape index (κ1) is 66.9. The number of phenols is 1. The van der Waals surface area contributed by atoms with Crippen molar-refractivity contribution in [2.45, 2.75) is 178 Å². The fourth-order valence-electron chi connectivity index (χ4n) is 9.71. The van der Waals surface area contributed by atoms with Crippen LogP contribution in [0, 0.1) is 5.92 Å². The first-order chi connectivity index (χ1) is 38.8. The molecule has 2 unspecified atom stereocenters. The van der Waals surface area contributed by atoms with Crippen LogP contribution in [0.4, 0.5) is 9.59 Å². The number of alkyl carbamates (subject to hydrolysis) is 1. The summed E-state index contributed by atoms with van der Waals surface area (Å²) in [6.07, 6.45) is -15.3. The number of carbonyl (C=O) groups excluding carboxylic acids is 8. The van der Waals surface area contributed by atoms with Crippen molar-refractivity contribution >= 4 is 47.6 Å². The number of phenolic OH excluding ortho intramolecular Hbond substituents is 1. The average molecular weight is 1180 g/mol. The zero-order valence-corrected chi connectivity index (χ0v) is 47.8. The molecular weight excluding hydrogens is 1090 g/mol. The summed E-state index contributed by atoms with van der Waals surface area (Å²) >= 11 is 0. The van der Waals surface area contributed by atoms with Crippen LogP contribution >= 0.6 is 0 Å². The van der Waals surface area contributed by atoms with E-state index in [1.807, 2.05) is 6.07 Å². The van der Waals surface area contributed by atoms with Gasteiger partial charge in [-0.05, 0) is 78.1 Å². The van der Waals surface area contributed by atoms with E-state index in [1.54, 1.807) is 45.0 Å². The van der Waals surface area contributed by atoms with E-state index in [9.17, 15) is 74.7 Å². The second kappa shape index (κ2) is 29.1. The quantitative estimate of drug-likeness (QED) is 0.0845. The lowest BCUT2D eigenvalue weighted by molar-refractivity contribution is -0.147. The summed E-state index contributed by atoms with van der Waals surface area (Å²) in [5.41, 5.74) is -1.27. The molecule has 83 heavy (non-hydrogen) atoms. The molecule has 5 rings (SSSR count). The predicted molar refractivity (Wildman–Crippen MR) is 291 cm³/mol. The number of aliphatic hydroxyl groups is 8. The predicted octanol–water partition coefficient (Wildman–Crippen LogP) is -3.01. The normalized spacial score (nSPS) is 26.5. The number of β-amino-alcohol motifs (C(OH)–C–C–N with tert-alkyl or cyclic N) is 1. The Morgan fingerprint density at radius 3 is 1.95 bits per heavy atom. The third kappa shape index (κ3) is 18.5. The second-order valence-electron chi connectivity index (χ2n) is 23.2. The number of benzene rings is 2. The van der Waals surface area contributed by atoms with Crippen LogP contribution in [0.15, 0.2) is 48.5 Å². The smallest absolute Gasteiger partial charge is 0.410 e. The first-order valence-electron chi connectivity index (χ1n) is 27.4. The van der Waals surface area contributed by atoms with E-state index in [1.165, 1.54) is 45.9 Å². The van der Waals surface area contributed by atoms with Gasteiger partial charge in [0.2, 0.25) is 35.4 Å². The number of nitrogens with one attached hydrogen (secondary N) is 5. The van der Waals surface area contributed by atoms with E-state index >= 15 is 9.59 Å². The fourth-order valence-corrected chi connectivity index (χ4v) is 9.71. The molecule has 0 aliphatic carbocycles. The van der Waals surface area contributed by atoms with Crippen LogP contribution in [0.25, 0.3) is 0 Å². The lowest BCUT2D eigenvalue weighted by Crippen LogP contribution is -2.64. The van der Waals surface area contributed by atoms with Crippen LogP contribution in [0.3, 0.4) is 0 Å². The number of amides is 8. The molecule has 3 aliphatic heterocycles. The van der Waals surface area contributed by atoms with Gasteiger partial charge in [0.15, 0.2) is 11.5 Å². The summed E-state index contributed by atoms with van der Waals surface area (Å²) < 4.78 is 16.6. The Morgan fingerprint density at radius 1 is 0.735 bits per heavy atom. The maximum Gasteiger partial charge on any atom is 0.410 e. The van der Waals surface area contributed by atoms with Crippen LogP contribution in [-0.2, 0) is 51.3 Å². The lowest BCUT2D eigenvalue weighted by atomic mass is 9.98. The molecule has 0 radical (unpaired) electrons. The van der Waals surface area contributed by atoms with Gasteiger partial charge in [-0.15, -0.1) is 0 Å². The van der Waals surface area contributed by atoms with Crippen LogP contribution < -0.4 is 31.3 Å². The van der Waals surface area contributed by atoms with E-state index in [0.29, 0.717) is 0 Å². The molecule has 3 fully saturated rings. The topological polar surface area (TPSA) is 416 Å². The van der Waals surface area contributed by atoms with Gasteiger partial charge < -0.3 is 101 Å². The highest BCUT2D eigenvalue weighted by atomic mass is 16.6. The summed E-state index contributed by atoms with van der Waals surface area (Å²) in [5.74, 6) is -8.48. The summed E-state index contributed by atoms with van der Waals surface area (Å²) in [7, 11) is 0. The standard InChI is InChI=1S/C55H82N8O20/c1-28-23-63-44(45(28)72)49(76)56-22-33(67)20-35(57-52(79)82-54(3,4)5)46(73)58-41(29(2)66)50(77)62-24-34(68)21-36(62)47(74)59-42(39(71)19-31-14-15-40(38(70)18-31)81-27-30-12-10-9-11-13-30)48(75)60-43(51(63)78)37(69)16-17-61(32(25-64)26-65)53(80)83-55(6,7)8/h9-15,18,28-29,32-37,39,41-45,64-72H,16-17,19-27H2,1-8H3,(H,56,76)(H,57,79)(H,58,73)(H,59,74)(H,60,75)/t28-,29+,33+,34+,35?,36-,37+,39+,41?,42-,43-,44-,45-/m0/s1. The molecule has 3 aliphatic rings. The molecule has 13 atom stereocenters. The average Bonchev–Trinajstić information content (AvgIpc) is 3.12. The second-order valence-corrected chi connectivity index (χ2v) is 23.2. The third-order valence-electron chi connectivity index (χ3n) is 14.0. The minimum atomic E-state index is -2.19. The molecule has 0 spiro atoms. The van der Waals surface area contributed by atoms with Crippen LogP contribution in [0.2, 0.25) is 0 Å². The van der Waals surface area contributed by atoms with Crippen LogP contribution in [0.1, 0.15) is 85.8 Å². The lowest BCUT2D eigenvalue weighted by Gasteiger charge is -2.35. The van der Waals surface area contributed by atoms with Crippen molar-refractivity contribution in [2.24, 2.45) is 5.92 Å². The maximum absolute atomic E-state index is 15.1. The SMILES string of the molecule is C[C@@H](O)C1NC(=O)C(NC(=O)OC(C)(C)C)C[C@@H](O)CNC(=O)[C@@H]2[C@@H](O)[C@@H](C)CN2C(=O)[C@H]([C@H](O)CCN(C(=O)OC(C)(C)C)C(CO)CO)NC(=O)[C@H]([C@H](O)Cc2ccc(OCc3ccccc3)c(O)c2)NC(=O)[C@@H]2C[C@@H](O)CN2C1=O. The number of aliphatic hydroxyl groups excluding tert-OH is 8. The monoisotopic (exact) mass is 1170 g/mol. The largest absolute Gasteiger partial charge is 0.504 e. The highest BCUT2D eigenvalue weighted by Crippen LogP contribution is 2.30. The van der Waals surface area contributed by atoms with Crippen molar-refractivity contribution in [2.75, 3.05) is 39.4 Å². The number of nitrogens with zero attached hydrogens (tertiary/aromatic N) is 3. The molecule has 462 valence electrons. The minimum Gasteiger partial charge on any atom is -0.504 e. The van der Waals surface area contributed by atoms with E-state index in [0.717, 1.165) is 27.2 Å². The van der Waals surface area contributed by atoms with E-state index in [-0.39, 0.29) is 23.7 Å². The van der Waals surface area contributed by atoms with E-state index in [2.05, 4.69) is 26.6 Å². The minimum absolute atomic E-state index is 0.0387. The van der Waals surface area contributed by atoms with Crippen LogP contribution in [-0.4, -0.2) is 238 Å². The summed E-state index contributed by atoms with van der Waals surface area (Å²) in [6, 6.07) is 0.131. The number of rotatable bonds is 15. The Kier molecular flexibility index (Phi) is 23.4. The third-order valence-corrected chi connectivity index (χ3v) is 14.0. The van der Waals surface area contributed by atoms with Gasteiger partial charge in [-0.1, -0.05) is 43.3 Å². The van der Waals surface area contributed by atoms with Gasteiger partial charge in [-0.2, -0.15) is 0 Å². The maximum atomic E-state index is 15.1. The molecule has 3 heterocycles. The van der Waals surface area contributed by atoms with Crippen LogP contribution in [0.5, 0.6) is 11.5 Å². The Bertz CT molecular complexity index is 2580. The molecule has 28 nitrogen and oxygen atoms in total. The number of aromatic hydroxyl groups is 1. The van der Waals surface area contributed by atoms with Crippen molar-refractivity contribution in [3.05, 3.63) is 59.7 Å². The van der Waals surface area contributed by atoms with Gasteiger partial charge in [0.25, 0.3) is 0 Å². The van der Waals surface area contributed by atoms with Gasteiger partial charge in [-0.25, -0.2) is 9.59 Å².